The molecular weight excluding hydrogens is 645 g/mol. The summed E-state index contributed by atoms with van der Waals surface area (Å²) < 4.78 is 19.7. The molecule has 2 aromatic carbocycles. The molecule has 2 N–H and O–H groups in total. The molecule has 0 bridgehead atoms. The maximum Gasteiger partial charge on any atom is 0.135 e. The Morgan fingerprint density at radius 2 is 1.41 bits per heavy atom. The minimum atomic E-state index is -0.768. The van der Waals surface area contributed by atoms with Gasteiger partial charge in [-0.15, -0.1) is 22.7 Å². The summed E-state index contributed by atoms with van der Waals surface area (Å²) in [6, 6.07) is 42.3. The number of hydrogen-bond acceptors (Lipinski definition) is 5. The maximum atomic E-state index is 6.88. The highest BCUT2D eigenvalue weighted by molar-refractivity contribution is 7.11. The number of hydrogen-bond donors (Lipinski definition) is 2. The molecule has 0 saturated carbocycles. The zero-order chi connectivity index (χ0) is 32.4. The lowest BCUT2D eigenvalue weighted by molar-refractivity contribution is 0.534. The van der Waals surface area contributed by atoms with Crippen molar-refractivity contribution in [2.75, 3.05) is 0 Å². The number of H-pyrrole nitrogens is 2. The molecule has 1 aliphatic carbocycles. The van der Waals surface area contributed by atoms with Crippen molar-refractivity contribution >= 4 is 66.8 Å². The minimum absolute atomic E-state index is 0.245. The van der Waals surface area contributed by atoms with Gasteiger partial charge in [-0.3, -0.25) is 0 Å². The lowest BCUT2D eigenvalue weighted by Gasteiger charge is -2.46. The van der Waals surface area contributed by atoms with Crippen molar-refractivity contribution in [3.63, 3.8) is 0 Å². The predicted octanol–water partition coefficient (Wildman–Crippen LogP) is 11.9. The van der Waals surface area contributed by atoms with Gasteiger partial charge in [0.05, 0.1) is 17.9 Å². The topological polar surface area (TPSA) is 71.0 Å². The van der Waals surface area contributed by atoms with Crippen LogP contribution in [0.5, 0.6) is 0 Å². The molecule has 2 atom stereocenters. The molecule has 0 amide bonds. The van der Waals surface area contributed by atoms with E-state index in [-0.39, 0.29) is 5.92 Å². The molecule has 0 aliphatic heterocycles. The van der Waals surface area contributed by atoms with E-state index in [0.29, 0.717) is 0 Å². The molecule has 10 rings (SSSR count). The summed E-state index contributed by atoms with van der Waals surface area (Å²) in [6.45, 7) is 0. The molecule has 236 valence electrons. The number of thiophene rings is 2. The average Bonchev–Trinajstić information content (AvgIpc) is 4.00. The summed E-state index contributed by atoms with van der Waals surface area (Å²) in [5.41, 5.74) is 7.20. The van der Waals surface area contributed by atoms with Crippen LogP contribution in [0.3, 0.4) is 0 Å². The van der Waals surface area contributed by atoms with Gasteiger partial charge in [-0.1, -0.05) is 48.5 Å². The standard InChI is InChI=1S/C42H28N2O3S2/c1-3-12-28-26(10-1)24-29(44-28)40-38(32-15-7-21-46-32)37(31-14-6-20-45-31)39(33-25-27-11-2-4-13-30(27)47-33)41(34-16-8-22-48-34)42(40,35-17-5-19-43-35)36-18-9-23-49-36/h1-25,41,43-44H. The van der Waals surface area contributed by atoms with Crippen molar-refractivity contribution in [1.82, 2.24) is 9.97 Å². The SMILES string of the molecule is c1c[nH]c(C2(c3cccs3)C(c3cc4ccccc4[nH]3)=C(c3ccco3)C(c3ccco3)=C(c3cc4ccccc4o3)C2c2cccs2)c1. The second-order valence-corrected chi connectivity index (χ2v) is 14.2. The number of furan rings is 3. The van der Waals surface area contributed by atoms with Crippen LogP contribution in [-0.4, -0.2) is 9.97 Å². The molecule has 0 spiro atoms. The van der Waals surface area contributed by atoms with Gasteiger partial charge >= 0.3 is 0 Å². The Labute approximate surface area is 289 Å². The van der Waals surface area contributed by atoms with Crippen LogP contribution in [0.25, 0.3) is 44.2 Å². The Hall–Kier alpha value is -5.76. The summed E-state index contributed by atoms with van der Waals surface area (Å²) >= 11 is 3.52. The van der Waals surface area contributed by atoms with E-state index >= 15 is 0 Å². The number of aromatic amines is 2. The van der Waals surface area contributed by atoms with Crippen LogP contribution in [-0.2, 0) is 5.41 Å². The van der Waals surface area contributed by atoms with Gasteiger partial charge in [-0.25, -0.2) is 0 Å². The number of rotatable bonds is 7. The first-order valence-electron chi connectivity index (χ1n) is 16.2. The summed E-state index contributed by atoms with van der Waals surface area (Å²) in [7, 11) is 0. The number of para-hydroxylation sites is 2. The molecule has 0 radical (unpaired) electrons. The highest BCUT2D eigenvalue weighted by Gasteiger charge is 2.56. The monoisotopic (exact) mass is 672 g/mol. The number of allylic oxidation sites excluding steroid dienone is 4. The van der Waals surface area contributed by atoms with E-state index in [1.54, 1.807) is 35.2 Å². The normalized spacial score (nSPS) is 18.3. The van der Waals surface area contributed by atoms with Gasteiger partial charge in [0.1, 0.15) is 22.9 Å². The fourth-order valence-electron chi connectivity index (χ4n) is 7.82. The second-order valence-electron chi connectivity index (χ2n) is 12.2. The van der Waals surface area contributed by atoms with Crippen molar-refractivity contribution in [3.8, 4) is 0 Å². The minimum Gasteiger partial charge on any atom is -0.464 e. The van der Waals surface area contributed by atoms with Crippen LogP contribution in [0, 0.1) is 0 Å². The van der Waals surface area contributed by atoms with Gasteiger partial charge in [0, 0.05) is 66.5 Å². The molecule has 0 fully saturated rings. The molecule has 2 unspecified atom stereocenters. The van der Waals surface area contributed by atoms with E-state index in [1.165, 1.54) is 9.75 Å². The lowest BCUT2D eigenvalue weighted by atomic mass is 9.56. The van der Waals surface area contributed by atoms with Crippen molar-refractivity contribution < 1.29 is 13.3 Å². The van der Waals surface area contributed by atoms with Crippen molar-refractivity contribution in [2.45, 2.75) is 11.3 Å². The van der Waals surface area contributed by atoms with E-state index < -0.39 is 5.41 Å². The Kier molecular flexibility index (Phi) is 6.44. The Balaban J connectivity index is 1.48. The molecule has 0 saturated heterocycles. The third-order valence-corrected chi connectivity index (χ3v) is 11.6. The molecular formula is C42H28N2O3S2. The van der Waals surface area contributed by atoms with Crippen LogP contribution in [0.15, 0.2) is 164 Å². The molecule has 9 aromatic rings. The number of nitrogens with one attached hydrogen (secondary N) is 2. The Morgan fingerprint density at radius 3 is 2.10 bits per heavy atom. The molecule has 5 nitrogen and oxygen atoms in total. The van der Waals surface area contributed by atoms with Gasteiger partial charge in [-0.05, 0) is 88.9 Å². The van der Waals surface area contributed by atoms with Crippen molar-refractivity contribution in [1.29, 1.82) is 0 Å². The number of fused-ring (bicyclic) bond motifs is 2. The Bertz CT molecular complexity index is 2490. The first-order chi connectivity index (χ1) is 24.3. The second kappa shape index (κ2) is 11.2. The highest BCUT2D eigenvalue weighted by Crippen LogP contribution is 2.67. The lowest BCUT2D eigenvalue weighted by Crippen LogP contribution is -2.40. The number of benzene rings is 2. The Morgan fingerprint density at radius 1 is 0.633 bits per heavy atom. The van der Waals surface area contributed by atoms with Crippen LogP contribution < -0.4 is 0 Å². The van der Waals surface area contributed by atoms with Crippen LogP contribution in [0.4, 0.5) is 0 Å². The van der Waals surface area contributed by atoms with Crippen molar-refractivity contribution in [2.24, 2.45) is 0 Å². The first-order valence-corrected chi connectivity index (χ1v) is 17.9. The zero-order valence-electron chi connectivity index (χ0n) is 26.1. The van der Waals surface area contributed by atoms with Gasteiger partial charge < -0.3 is 23.2 Å². The van der Waals surface area contributed by atoms with Crippen LogP contribution in [0.2, 0.25) is 0 Å². The third-order valence-electron chi connectivity index (χ3n) is 9.67. The summed E-state index contributed by atoms with van der Waals surface area (Å²) in [6.07, 6.45) is 5.52. The van der Waals surface area contributed by atoms with E-state index in [1.807, 2.05) is 36.5 Å². The largest absolute Gasteiger partial charge is 0.464 e. The summed E-state index contributed by atoms with van der Waals surface area (Å²) in [5, 5.41) is 6.52. The van der Waals surface area contributed by atoms with E-state index in [2.05, 4.69) is 112 Å². The van der Waals surface area contributed by atoms with Crippen LogP contribution in [0.1, 0.15) is 44.3 Å². The maximum absolute atomic E-state index is 6.88. The quantitative estimate of drug-likeness (QED) is 0.177. The molecule has 49 heavy (non-hydrogen) atoms. The van der Waals surface area contributed by atoms with Crippen LogP contribution >= 0.6 is 22.7 Å². The molecule has 7 heteroatoms. The van der Waals surface area contributed by atoms with Gasteiger partial charge in [-0.2, -0.15) is 0 Å². The van der Waals surface area contributed by atoms with Gasteiger partial charge in [0.2, 0.25) is 0 Å². The fourth-order valence-corrected chi connectivity index (χ4v) is 9.70. The van der Waals surface area contributed by atoms with Gasteiger partial charge in [0.25, 0.3) is 0 Å². The van der Waals surface area contributed by atoms with E-state index in [0.717, 1.165) is 72.8 Å². The van der Waals surface area contributed by atoms with Gasteiger partial charge in [0.15, 0.2) is 0 Å². The molecule has 1 aliphatic rings. The molecule has 7 aromatic heterocycles. The predicted molar refractivity (Wildman–Crippen MR) is 199 cm³/mol. The summed E-state index contributed by atoms with van der Waals surface area (Å²) in [5.74, 6) is 2.03. The first kappa shape index (κ1) is 28.3. The van der Waals surface area contributed by atoms with E-state index in [4.69, 9.17) is 13.3 Å². The smallest absolute Gasteiger partial charge is 0.135 e. The number of aromatic nitrogens is 2. The van der Waals surface area contributed by atoms with Crippen molar-refractivity contribution in [3.05, 3.63) is 189 Å². The third kappa shape index (κ3) is 4.22. The average molecular weight is 673 g/mol. The zero-order valence-corrected chi connectivity index (χ0v) is 27.7. The summed E-state index contributed by atoms with van der Waals surface area (Å²) in [4.78, 5) is 9.99. The molecule has 7 heterocycles. The highest BCUT2D eigenvalue weighted by atomic mass is 32.1. The fraction of sp³-hybridized carbons (Fsp3) is 0.0476. The van der Waals surface area contributed by atoms with E-state index in [9.17, 15) is 0 Å².